The molecule has 0 bridgehead atoms. The minimum atomic E-state index is -1.07. The Morgan fingerprint density at radius 3 is 2.22 bits per heavy atom. The third-order valence-corrected chi connectivity index (χ3v) is 13.1. The van der Waals surface area contributed by atoms with Crippen LogP contribution in [0.2, 0.25) is 5.02 Å². The lowest BCUT2D eigenvalue weighted by atomic mass is 9.85. The fourth-order valence-corrected chi connectivity index (χ4v) is 9.63. The first-order valence-electron chi connectivity index (χ1n) is 20.9. The van der Waals surface area contributed by atoms with Gasteiger partial charge < -0.3 is 20.1 Å². The second kappa shape index (κ2) is 17.2. The molecule has 2 aromatic carbocycles. The minimum Gasteiger partial charge on any atom is -0.490 e. The zero-order valence-corrected chi connectivity index (χ0v) is 34.6. The van der Waals surface area contributed by atoms with Crippen LogP contribution in [0, 0.1) is 17.2 Å². The molecule has 314 valence electrons. The predicted octanol–water partition coefficient (Wildman–Crippen LogP) is 5.14. The van der Waals surface area contributed by atoms with Crippen LogP contribution in [0.15, 0.2) is 48.8 Å². The Kier molecular flexibility index (Phi) is 11.8. The number of piperidine rings is 2. The summed E-state index contributed by atoms with van der Waals surface area (Å²) in [5.74, 6) is -0.172. The number of hydrogen-bond donors (Lipinski definition) is 1. The molecule has 2 N–H and O–H groups in total. The largest absolute Gasteiger partial charge is 0.490 e. The van der Waals surface area contributed by atoms with E-state index < -0.39 is 29.7 Å². The zero-order chi connectivity index (χ0) is 42.2. The number of nitrogens with zero attached hydrogens (tertiary/aromatic N) is 7. The third kappa shape index (κ3) is 8.27. The summed E-state index contributed by atoms with van der Waals surface area (Å²) in [6, 6.07) is 11.1. The van der Waals surface area contributed by atoms with E-state index in [9.17, 15) is 24.0 Å². The molecule has 2 aliphatic carbocycles. The monoisotopic (exact) mass is 836 g/mol. The van der Waals surface area contributed by atoms with Crippen molar-refractivity contribution in [3.05, 3.63) is 76.2 Å². The third-order valence-electron chi connectivity index (χ3n) is 12.8. The molecule has 5 amide bonds. The molecular weight excluding hydrogens is 788 g/mol. The van der Waals surface area contributed by atoms with Crippen molar-refractivity contribution in [3.63, 3.8) is 0 Å². The Bertz CT molecular complexity index is 2210. The highest BCUT2D eigenvalue weighted by Crippen LogP contribution is 2.37. The van der Waals surface area contributed by atoms with Gasteiger partial charge in [-0.05, 0) is 95.0 Å². The number of aromatic nitrogens is 2. The molecule has 8 rings (SSSR count). The van der Waals surface area contributed by atoms with Crippen LogP contribution in [-0.2, 0) is 9.59 Å². The van der Waals surface area contributed by atoms with Crippen molar-refractivity contribution in [2.45, 2.75) is 114 Å². The summed E-state index contributed by atoms with van der Waals surface area (Å²) in [7, 11) is 0. The number of benzene rings is 2. The van der Waals surface area contributed by atoms with Gasteiger partial charge >= 0.3 is 0 Å². The molecule has 0 radical (unpaired) electrons. The number of anilines is 1. The molecule has 4 heterocycles. The van der Waals surface area contributed by atoms with E-state index in [0.717, 1.165) is 56.0 Å². The van der Waals surface area contributed by atoms with E-state index in [4.69, 9.17) is 32.1 Å². The number of imide groups is 2. The number of amides is 5. The Morgan fingerprint density at radius 1 is 0.883 bits per heavy atom. The second-order valence-electron chi connectivity index (χ2n) is 16.9. The van der Waals surface area contributed by atoms with Crippen LogP contribution in [0.25, 0.3) is 0 Å². The highest BCUT2D eigenvalue weighted by molar-refractivity contribution is 6.31. The van der Waals surface area contributed by atoms with E-state index >= 15 is 0 Å². The lowest BCUT2D eigenvalue weighted by Crippen LogP contribution is -2.59. The van der Waals surface area contributed by atoms with E-state index in [1.165, 1.54) is 11.1 Å². The number of rotatable bonds is 12. The van der Waals surface area contributed by atoms with Gasteiger partial charge in [0.15, 0.2) is 0 Å². The van der Waals surface area contributed by atoms with Gasteiger partial charge in [-0.1, -0.05) is 11.6 Å². The Labute approximate surface area is 353 Å². The van der Waals surface area contributed by atoms with Gasteiger partial charge in [-0.3, -0.25) is 38.7 Å². The summed E-state index contributed by atoms with van der Waals surface area (Å²) in [4.78, 5) is 81.7. The molecule has 2 saturated heterocycles. The van der Waals surface area contributed by atoms with Gasteiger partial charge in [0.1, 0.15) is 41.2 Å². The molecule has 15 nitrogen and oxygen atoms in total. The number of carbonyl (C=O) groups is 5. The number of ether oxygens (including phenoxy) is 2. The van der Waals surface area contributed by atoms with Gasteiger partial charge in [0.05, 0.1) is 40.2 Å². The lowest BCUT2D eigenvalue weighted by molar-refractivity contribution is -0.155. The summed E-state index contributed by atoms with van der Waals surface area (Å²) in [5.41, 5.74) is 6.25. The van der Waals surface area contributed by atoms with Crippen molar-refractivity contribution >= 4 is 47.0 Å². The lowest BCUT2D eigenvalue weighted by Gasteiger charge is -2.46. The van der Waals surface area contributed by atoms with Crippen LogP contribution < -0.4 is 20.1 Å². The SMILES string of the molecule is CC(C)N(CC1CCN(c2cnc(C(N)=O)cn2)CC1)C1CC(Oc2ccc3c(c2)C(=O)N(C2CCC(=O)N(C4CCC(Oc5ccc(C#N)c(Cl)c5)CC4)C2=O)C3=O)C1. The average molecular weight is 837 g/mol. The first kappa shape index (κ1) is 41.2. The molecule has 3 aromatic rings. The first-order valence-corrected chi connectivity index (χ1v) is 21.3. The summed E-state index contributed by atoms with van der Waals surface area (Å²) in [6.45, 7) is 7.14. The zero-order valence-electron chi connectivity index (χ0n) is 33.8. The number of nitrogens with two attached hydrogens (primary N) is 1. The maximum atomic E-state index is 14.0. The second-order valence-corrected chi connectivity index (χ2v) is 17.3. The van der Waals surface area contributed by atoms with Crippen LogP contribution in [0.3, 0.4) is 0 Å². The van der Waals surface area contributed by atoms with Crippen LogP contribution in [0.5, 0.6) is 11.5 Å². The quantitative estimate of drug-likeness (QED) is 0.237. The number of nitriles is 1. The summed E-state index contributed by atoms with van der Waals surface area (Å²) < 4.78 is 12.5. The maximum Gasteiger partial charge on any atom is 0.268 e. The van der Waals surface area contributed by atoms with E-state index in [1.54, 1.807) is 42.6 Å². The van der Waals surface area contributed by atoms with Crippen molar-refractivity contribution in [2.24, 2.45) is 11.7 Å². The molecular formula is C44H49ClN8O7. The standard InChI is InChI=1S/C44H49ClN8O7/c1-25(2)51(24-26-13-15-50(16-14-26)39-23-48-37(22-49-39)41(47)55)29-17-33(18-29)60-31-9-10-34-35(19-31)43(57)53(42(34)56)38-11-12-40(54)52(44(38)58)28-4-7-30(8-5-28)59-32-6-3-27(21-46)36(45)20-32/h3,6,9-10,19-20,22-23,25-26,28-30,33,38H,4-5,7-8,11-18,24H2,1-2H3,(H2,47,55). The van der Waals surface area contributed by atoms with E-state index in [0.29, 0.717) is 65.8 Å². The van der Waals surface area contributed by atoms with Gasteiger partial charge in [0.2, 0.25) is 5.91 Å². The van der Waals surface area contributed by atoms with Crippen LogP contribution in [0.4, 0.5) is 5.82 Å². The summed E-state index contributed by atoms with van der Waals surface area (Å²) in [6.07, 6.45) is 8.90. The van der Waals surface area contributed by atoms with Gasteiger partial charge in [-0.25, -0.2) is 9.97 Å². The molecule has 60 heavy (non-hydrogen) atoms. The van der Waals surface area contributed by atoms with Gasteiger partial charge in [0.25, 0.3) is 23.6 Å². The Hall–Kier alpha value is -5.59. The van der Waals surface area contributed by atoms with Gasteiger partial charge in [-0.15, -0.1) is 0 Å². The van der Waals surface area contributed by atoms with Crippen LogP contribution >= 0.6 is 11.6 Å². The van der Waals surface area contributed by atoms with Crippen molar-refractivity contribution in [1.82, 2.24) is 24.7 Å². The molecule has 2 saturated carbocycles. The van der Waals surface area contributed by atoms with E-state index in [-0.39, 0.29) is 53.8 Å². The van der Waals surface area contributed by atoms with Crippen LogP contribution in [0.1, 0.15) is 115 Å². The summed E-state index contributed by atoms with van der Waals surface area (Å²) in [5, 5.41) is 9.46. The van der Waals surface area contributed by atoms with Gasteiger partial charge in [-0.2, -0.15) is 5.26 Å². The Morgan fingerprint density at radius 2 is 1.57 bits per heavy atom. The fourth-order valence-electron chi connectivity index (χ4n) is 9.41. The highest BCUT2D eigenvalue weighted by atomic mass is 35.5. The molecule has 1 atom stereocenters. The Balaban J connectivity index is 0.832. The molecule has 1 aromatic heterocycles. The minimum absolute atomic E-state index is 0.0386. The molecule has 5 aliphatic rings. The number of fused-ring (bicyclic) bond motifs is 1. The molecule has 0 spiro atoms. The average Bonchev–Trinajstić information content (AvgIpc) is 3.47. The number of halogens is 1. The van der Waals surface area contributed by atoms with E-state index in [2.05, 4.69) is 33.6 Å². The number of primary amides is 1. The normalized spacial score (nSPS) is 24.7. The summed E-state index contributed by atoms with van der Waals surface area (Å²) >= 11 is 6.17. The number of carbonyl (C=O) groups excluding carboxylic acids is 5. The molecule has 4 fully saturated rings. The molecule has 3 aliphatic heterocycles. The maximum absolute atomic E-state index is 14.0. The smallest absolute Gasteiger partial charge is 0.268 e. The number of likely N-dealkylation sites (tertiary alicyclic amines) is 1. The fraction of sp³-hybridized carbons (Fsp3) is 0.500. The molecule has 1 unspecified atom stereocenters. The van der Waals surface area contributed by atoms with Crippen molar-refractivity contribution in [3.8, 4) is 17.6 Å². The van der Waals surface area contributed by atoms with Crippen LogP contribution in [-0.4, -0.2) is 110 Å². The van der Waals surface area contributed by atoms with E-state index in [1.807, 2.05) is 6.07 Å². The first-order chi connectivity index (χ1) is 28.9. The van der Waals surface area contributed by atoms with Crippen molar-refractivity contribution < 1.29 is 33.4 Å². The molecule has 16 heteroatoms. The number of hydrogen-bond acceptors (Lipinski definition) is 12. The topological polar surface area (TPSA) is 192 Å². The van der Waals surface area contributed by atoms with Gasteiger partial charge in [0, 0.05) is 63.1 Å². The van der Waals surface area contributed by atoms with Crippen molar-refractivity contribution in [2.75, 3.05) is 24.5 Å². The van der Waals surface area contributed by atoms with Crippen molar-refractivity contribution in [1.29, 1.82) is 5.26 Å². The predicted molar refractivity (Wildman–Crippen MR) is 219 cm³/mol. The highest BCUT2D eigenvalue weighted by Gasteiger charge is 2.49.